The third-order valence-corrected chi connectivity index (χ3v) is 2.60. The summed E-state index contributed by atoms with van der Waals surface area (Å²) in [6, 6.07) is 5.60. The standard InChI is InChI=1S/C13H16FN3O/c1-13(2,3)12-16-11(17-18-12)10(15)8-6-4-5-7-9(8)14/h4-7,10H,15H2,1-3H3. The van der Waals surface area contributed by atoms with Crippen molar-refractivity contribution in [2.75, 3.05) is 0 Å². The van der Waals surface area contributed by atoms with Crippen molar-refractivity contribution in [1.82, 2.24) is 10.1 Å². The molecule has 0 amide bonds. The Morgan fingerprint density at radius 3 is 2.50 bits per heavy atom. The van der Waals surface area contributed by atoms with E-state index in [1.54, 1.807) is 18.2 Å². The van der Waals surface area contributed by atoms with Crippen LogP contribution in [0.3, 0.4) is 0 Å². The Kier molecular flexibility index (Phi) is 3.17. The molecule has 0 fully saturated rings. The summed E-state index contributed by atoms with van der Waals surface area (Å²) < 4.78 is 18.7. The number of nitrogens with zero attached hydrogens (tertiary/aromatic N) is 2. The van der Waals surface area contributed by atoms with E-state index in [1.165, 1.54) is 6.07 Å². The summed E-state index contributed by atoms with van der Waals surface area (Å²) in [5.41, 5.74) is 6.06. The smallest absolute Gasteiger partial charge is 0.232 e. The van der Waals surface area contributed by atoms with Crippen LogP contribution in [-0.4, -0.2) is 10.1 Å². The van der Waals surface area contributed by atoms with Gasteiger partial charge in [0.2, 0.25) is 5.89 Å². The maximum atomic E-state index is 13.6. The van der Waals surface area contributed by atoms with Crippen molar-refractivity contribution >= 4 is 0 Å². The van der Waals surface area contributed by atoms with E-state index in [1.807, 2.05) is 20.8 Å². The van der Waals surface area contributed by atoms with Gasteiger partial charge in [-0.1, -0.05) is 44.1 Å². The molecule has 0 radical (unpaired) electrons. The maximum Gasteiger partial charge on any atom is 0.232 e. The largest absolute Gasteiger partial charge is 0.339 e. The maximum absolute atomic E-state index is 13.6. The number of hydrogen-bond acceptors (Lipinski definition) is 4. The zero-order valence-corrected chi connectivity index (χ0v) is 10.6. The first-order chi connectivity index (χ1) is 8.39. The Morgan fingerprint density at radius 2 is 1.94 bits per heavy atom. The summed E-state index contributed by atoms with van der Waals surface area (Å²) in [7, 11) is 0. The third kappa shape index (κ3) is 2.41. The molecular formula is C13H16FN3O. The fraction of sp³-hybridized carbons (Fsp3) is 0.385. The highest BCUT2D eigenvalue weighted by Gasteiger charge is 2.25. The van der Waals surface area contributed by atoms with Crippen molar-refractivity contribution in [3.8, 4) is 0 Å². The van der Waals surface area contributed by atoms with Crippen LogP contribution in [0.2, 0.25) is 0 Å². The SMILES string of the molecule is CC(C)(C)c1nc(C(N)c2ccccc2F)no1. The number of nitrogens with two attached hydrogens (primary N) is 1. The molecule has 0 saturated heterocycles. The predicted molar refractivity (Wildman–Crippen MR) is 65.4 cm³/mol. The zero-order chi connectivity index (χ0) is 13.3. The first-order valence-electron chi connectivity index (χ1n) is 5.73. The molecule has 0 bridgehead atoms. The van der Waals surface area contributed by atoms with E-state index >= 15 is 0 Å². The van der Waals surface area contributed by atoms with Crippen molar-refractivity contribution in [3.63, 3.8) is 0 Å². The lowest BCUT2D eigenvalue weighted by molar-refractivity contribution is 0.317. The Bertz CT molecular complexity index is 545. The normalized spacial score (nSPS) is 13.6. The molecule has 0 spiro atoms. The zero-order valence-electron chi connectivity index (χ0n) is 10.6. The van der Waals surface area contributed by atoms with E-state index in [0.717, 1.165) is 0 Å². The lowest BCUT2D eigenvalue weighted by Gasteiger charge is -2.11. The summed E-state index contributed by atoms with van der Waals surface area (Å²) in [5.74, 6) is 0.418. The van der Waals surface area contributed by atoms with Gasteiger partial charge in [0, 0.05) is 11.0 Å². The third-order valence-electron chi connectivity index (χ3n) is 2.60. The molecule has 0 aliphatic rings. The number of benzene rings is 1. The van der Waals surface area contributed by atoms with Crippen LogP contribution in [0.5, 0.6) is 0 Å². The molecule has 4 nitrogen and oxygen atoms in total. The molecule has 1 atom stereocenters. The van der Waals surface area contributed by atoms with E-state index in [0.29, 0.717) is 17.3 Å². The summed E-state index contributed by atoms with van der Waals surface area (Å²) in [5, 5.41) is 3.82. The summed E-state index contributed by atoms with van der Waals surface area (Å²) in [6.45, 7) is 5.87. The summed E-state index contributed by atoms with van der Waals surface area (Å²) >= 11 is 0. The molecule has 1 heterocycles. The topological polar surface area (TPSA) is 64.9 Å². The van der Waals surface area contributed by atoms with Crippen molar-refractivity contribution in [2.24, 2.45) is 5.73 Å². The highest BCUT2D eigenvalue weighted by molar-refractivity contribution is 5.25. The number of halogens is 1. The molecule has 1 aromatic heterocycles. The number of rotatable bonds is 2. The minimum Gasteiger partial charge on any atom is -0.339 e. The van der Waals surface area contributed by atoms with Crippen LogP contribution in [-0.2, 0) is 5.41 Å². The van der Waals surface area contributed by atoms with Crippen molar-refractivity contribution in [2.45, 2.75) is 32.2 Å². The van der Waals surface area contributed by atoms with E-state index in [9.17, 15) is 4.39 Å². The molecule has 2 N–H and O–H groups in total. The molecule has 1 aromatic carbocycles. The van der Waals surface area contributed by atoms with Crippen LogP contribution < -0.4 is 5.73 Å². The molecule has 2 aromatic rings. The monoisotopic (exact) mass is 249 g/mol. The molecule has 0 saturated carbocycles. The first kappa shape index (κ1) is 12.7. The van der Waals surface area contributed by atoms with Crippen LogP contribution in [0.25, 0.3) is 0 Å². The molecule has 5 heteroatoms. The van der Waals surface area contributed by atoms with Gasteiger partial charge in [-0.3, -0.25) is 0 Å². The highest BCUT2D eigenvalue weighted by atomic mass is 19.1. The fourth-order valence-electron chi connectivity index (χ4n) is 1.53. The van der Waals surface area contributed by atoms with Crippen molar-refractivity contribution < 1.29 is 8.91 Å². The van der Waals surface area contributed by atoms with Gasteiger partial charge >= 0.3 is 0 Å². The minimum atomic E-state index is -0.717. The van der Waals surface area contributed by atoms with Crippen LogP contribution in [0.1, 0.15) is 44.1 Å². The minimum absolute atomic E-state index is 0.250. The van der Waals surface area contributed by atoms with E-state index in [4.69, 9.17) is 10.3 Å². The number of hydrogen-bond donors (Lipinski definition) is 1. The molecule has 0 aliphatic heterocycles. The van der Waals surface area contributed by atoms with Crippen LogP contribution in [0.15, 0.2) is 28.8 Å². The van der Waals surface area contributed by atoms with Gasteiger partial charge in [0.25, 0.3) is 0 Å². The van der Waals surface area contributed by atoms with Crippen LogP contribution in [0.4, 0.5) is 4.39 Å². The molecule has 1 unspecified atom stereocenters. The van der Waals surface area contributed by atoms with Gasteiger partial charge in [0.1, 0.15) is 5.82 Å². The Labute approximate surface area is 105 Å². The fourth-order valence-corrected chi connectivity index (χ4v) is 1.53. The second-order valence-electron chi connectivity index (χ2n) is 5.21. The van der Waals surface area contributed by atoms with Crippen LogP contribution in [0, 0.1) is 5.82 Å². The molecule has 0 aliphatic carbocycles. The Hall–Kier alpha value is -1.75. The molecule has 96 valence electrons. The van der Waals surface area contributed by atoms with E-state index < -0.39 is 6.04 Å². The van der Waals surface area contributed by atoms with Gasteiger partial charge in [-0.15, -0.1) is 0 Å². The number of aromatic nitrogens is 2. The Balaban J connectivity index is 2.33. The quantitative estimate of drug-likeness (QED) is 0.888. The highest BCUT2D eigenvalue weighted by Crippen LogP contribution is 2.24. The van der Waals surface area contributed by atoms with Gasteiger partial charge < -0.3 is 10.3 Å². The van der Waals surface area contributed by atoms with E-state index in [-0.39, 0.29) is 11.2 Å². The summed E-state index contributed by atoms with van der Waals surface area (Å²) in [4.78, 5) is 4.23. The molecule has 2 rings (SSSR count). The second kappa shape index (κ2) is 4.49. The van der Waals surface area contributed by atoms with Gasteiger partial charge in [-0.05, 0) is 6.07 Å². The average Bonchev–Trinajstić information content (AvgIpc) is 2.77. The van der Waals surface area contributed by atoms with Gasteiger partial charge in [0.05, 0.1) is 6.04 Å². The lowest BCUT2D eigenvalue weighted by Crippen LogP contribution is -2.16. The molecular weight excluding hydrogens is 233 g/mol. The van der Waals surface area contributed by atoms with Crippen molar-refractivity contribution in [1.29, 1.82) is 0 Å². The van der Waals surface area contributed by atoms with Gasteiger partial charge in [0.15, 0.2) is 5.82 Å². The first-order valence-corrected chi connectivity index (χ1v) is 5.73. The average molecular weight is 249 g/mol. The van der Waals surface area contributed by atoms with Gasteiger partial charge in [-0.25, -0.2) is 4.39 Å². The van der Waals surface area contributed by atoms with Crippen LogP contribution >= 0.6 is 0 Å². The van der Waals surface area contributed by atoms with Crippen molar-refractivity contribution in [3.05, 3.63) is 47.4 Å². The Morgan fingerprint density at radius 1 is 1.28 bits per heavy atom. The predicted octanol–water partition coefficient (Wildman–Crippen LogP) is 2.55. The van der Waals surface area contributed by atoms with Gasteiger partial charge in [-0.2, -0.15) is 4.98 Å². The second-order valence-corrected chi connectivity index (χ2v) is 5.21. The van der Waals surface area contributed by atoms with E-state index in [2.05, 4.69) is 10.1 Å². The summed E-state index contributed by atoms with van der Waals surface area (Å²) in [6.07, 6.45) is 0. The molecule has 18 heavy (non-hydrogen) atoms. The lowest BCUT2D eigenvalue weighted by atomic mass is 9.97.